The Morgan fingerprint density at radius 2 is 2.12 bits per heavy atom. The van der Waals surface area contributed by atoms with Crippen LogP contribution in [0.4, 0.5) is 4.79 Å². The molecule has 2 unspecified atom stereocenters. The topological polar surface area (TPSA) is 62.4 Å². The second kappa shape index (κ2) is 6.06. The van der Waals surface area contributed by atoms with E-state index < -0.39 is 0 Å². The van der Waals surface area contributed by atoms with Gasteiger partial charge in [-0.2, -0.15) is 0 Å². The summed E-state index contributed by atoms with van der Waals surface area (Å²) in [6.45, 7) is 3.26. The summed E-state index contributed by atoms with van der Waals surface area (Å²) in [5, 5.41) is 9.07. The van der Waals surface area contributed by atoms with E-state index in [4.69, 9.17) is 4.74 Å². The first-order valence-corrected chi connectivity index (χ1v) is 6.21. The quantitative estimate of drug-likeness (QED) is 0.643. The maximum atomic E-state index is 11.5. The monoisotopic (exact) mass is 227 g/mol. The van der Waals surface area contributed by atoms with Crippen LogP contribution < -0.4 is 16.0 Å². The van der Waals surface area contributed by atoms with Crippen molar-refractivity contribution in [3.8, 4) is 0 Å². The van der Waals surface area contributed by atoms with Gasteiger partial charge >= 0.3 is 6.03 Å². The summed E-state index contributed by atoms with van der Waals surface area (Å²) in [6.07, 6.45) is 4.76. The third-order valence-corrected chi connectivity index (χ3v) is 3.19. The fourth-order valence-corrected chi connectivity index (χ4v) is 2.22. The minimum atomic E-state index is -0.0794. The van der Waals surface area contributed by atoms with Crippen LogP contribution in [-0.2, 0) is 4.74 Å². The van der Waals surface area contributed by atoms with Crippen LogP contribution in [0.25, 0.3) is 0 Å². The van der Waals surface area contributed by atoms with Crippen LogP contribution in [0.1, 0.15) is 25.7 Å². The van der Waals surface area contributed by atoms with Gasteiger partial charge in [-0.15, -0.1) is 0 Å². The molecule has 2 aliphatic heterocycles. The largest absolute Gasteiger partial charge is 0.376 e. The van der Waals surface area contributed by atoms with Gasteiger partial charge in [0.2, 0.25) is 0 Å². The number of hydrogen-bond donors (Lipinski definition) is 3. The van der Waals surface area contributed by atoms with Gasteiger partial charge in [-0.3, -0.25) is 0 Å². The Balaban J connectivity index is 1.53. The number of amides is 2. The molecule has 0 aromatic rings. The number of urea groups is 1. The van der Waals surface area contributed by atoms with E-state index in [2.05, 4.69) is 16.0 Å². The number of ether oxygens (including phenoxy) is 1. The van der Waals surface area contributed by atoms with Crippen molar-refractivity contribution < 1.29 is 9.53 Å². The van der Waals surface area contributed by atoms with Gasteiger partial charge in [0.25, 0.3) is 0 Å². The van der Waals surface area contributed by atoms with Gasteiger partial charge in [-0.05, 0) is 32.2 Å². The number of hydrogen-bond acceptors (Lipinski definition) is 3. The lowest BCUT2D eigenvalue weighted by Gasteiger charge is -2.14. The highest BCUT2D eigenvalue weighted by Gasteiger charge is 2.17. The summed E-state index contributed by atoms with van der Waals surface area (Å²) in [5.41, 5.74) is 0. The van der Waals surface area contributed by atoms with Crippen molar-refractivity contribution in [2.75, 3.05) is 26.2 Å². The smallest absolute Gasteiger partial charge is 0.314 e. The van der Waals surface area contributed by atoms with E-state index in [0.29, 0.717) is 12.6 Å². The van der Waals surface area contributed by atoms with Crippen LogP contribution in [0.3, 0.4) is 0 Å². The maximum absolute atomic E-state index is 11.5. The summed E-state index contributed by atoms with van der Waals surface area (Å²) in [7, 11) is 0. The van der Waals surface area contributed by atoms with E-state index in [1.54, 1.807) is 0 Å². The van der Waals surface area contributed by atoms with Crippen LogP contribution in [0.2, 0.25) is 0 Å². The highest BCUT2D eigenvalue weighted by Crippen LogP contribution is 2.10. The van der Waals surface area contributed by atoms with Gasteiger partial charge in [-0.25, -0.2) is 4.79 Å². The molecule has 5 heteroatoms. The lowest BCUT2D eigenvalue weighted by molar-refractivity contribution is 0.111. The van der Waals surface area contributed by atoms with Crippen LogP contribution in [0.15, 0.2) is 0 Å². The molecule has 3 N–H and O–H groups in total. The normalized spacial score (nSPS) is 29.2. The first kappa shape index (κ1) is 11.7. The number of carbonyl (C=O) groups is 1. The minimum Gasteiger partial charge on any atom is -0.376 e. The summed E-state index contributed by atoms with van der Waals surface area (Å²) in [5.74, 6) is 0. The minimum absolute atomic E-state index is 0.0794. The Hall–Kier alpha value is -0.810. The number of carbonyl (C=O) groups excluding carboxylic acids is 1. The molecule has 0 aromatic carbocycles. The molecule has 16 heavy (non-hydrogen) atoms. The average Bonchev–Trinajstić information content (AvgIpc) is 2.96. The summed E-state index contributed by atoms with van der Waals surface area (Å²) in [6, 6.07) is 0.373. The predicted octanol–water partition coefficient (Wildman–Crippen LogP) is 0.217. The molecule has 92 valence electrons. The van der Waals surface area contributed by atoms with Gasteiger partial charge in [0, 0.05) is 25.7 Å². The van der Waals surface area contributed by atoms with E-state index in [-0.39, 0.29) is 12.1 Å². The molecular weight excluding hydrogens is 206 g/mol. The van der Waals surface area contributed by atoms with Crippen LogP contribution in [0, 0.1) is 0 Å². The Morgan fingerprint density at radius 3 is 2.81 bits per heavy atom. The van der Waals surface area contributed by atoms with E-state index in [1.807, 2.05) is 0 Å². The van der Waals surface area contributed by atoms with Crippen molar-refractivity contribution in [1.82, 2.24) is 16.0 Å². The zero-order valence-corrected chi connectivity index (χ0v) is 9.63. The Bertz CT molecular complexity index is 201. The highest BCUT2D eigenvalue weighted by atomic mass is 16.5. The molecule has 0 saturated carbocycles. The van der Waals surface area contributed by atoms with Crippen LogP contribution in [-0.4, -0.2) is 44.4 Å². The molecule has 2 aliphatic rings. The zero-order chi connectivity index (χ0) is 11.2. The van der Waals surface area contributed by atoms with Crippen LogP contribution in [0.5, 0.6) is 0 Å². The Labute approximate surface area is 96.3 Å². The zero-order valence-electron chi connectivity index (χ0n) is 9.63. The third-order valence-electron chi connectivity index (χ3n) is 3.19. The average molecular weight is 227 g/mol. The molecule has 2 heterocycles. The standard InChI is InChI=1S/C11H21N3O2/c15-11(13-7-9-3-1-5-12-9)14-8-10-4-2-6-16-10/h9-10,12H,1-8H2,(H2,13,14,15). The van der Waals surface area contributed by atoms with E-state index in [0.717, 1.165) is 39.0 Å². The van der Waals surface area contributed by atoms with E-state index >= 15 is 0 Å². The second-order valence-electron chi connectivity index (χ2n) is 4.52. The van der Waals surface area contributed by atoms with Gasteiger partial charge in [-0.1, -0.05) is 0 Å². The molecular formula is C11H21N3O2. The fraction of sp³-hybridized carbons (Fsp3) is 0.909. The molecule has 2 rings (SSSR count). The summed E-state index contributed by atoms with van der Waals surface area (Å²) < 4.78 is 5.43. The SMILES string of the molecule is O=C(NCC1CCCN1)NCC1CCCO1. The van der Waals surface area contributed by atoms with Crippen molar-refractivity contribution in [3.63, 3.8) is 0 Å². The molecule has 0 bridgehead atoms. The van der Waals surface area contributed by atoms with Crippen molar-refractivity contribution in [2.24, 2.45) is 0 Å². The van der Waals surface area contributed by atoms with Crippen molar-refractivity contribution in [1.29, 1.82) is 0 Å². The molecule has 2 amide bonds. The molecule has 0 spiro atoms. The van der Waals surface area contributed by atoms with Gasteiger partial charge in [0.1, 0.15) is 0 Å². The van der Waals surface area contributed by atoms with Crippen molar-refractivity contribution >= 4 is 6.03 Å². The van der Waals surface area contributed by atoms with Gasteiger partial charge in [0.05, 0.1) is 6.10 Å². The second-order valence-corrected chi connectivity index (χ2v) is 4.52. The van der Waals surface area contributed by atoms with E-state index in [9.17, 15) is 4.79 Å². The van der Waals surface area contributed by atoms with Gasteiger partial charge < -0.3 is 20.7 Å². The summed E-state index contributed by atoms with van der Waals surface area (Å²) >= 11 is 0. The molecule has 0 radical (unpaired) electrons. The lowest BCUT2D eigenvalue weighted by Crippen LogP contribution is -2.44. The molecule has 2 saturated heterocycles. The summed E-state index contributed by atoms with van der Waals surface area (Å²) in [4.78, 5) is 11.5. The molecule has 0 aliphatic carbocycles. The van der Waals surface area contributed by atoms with Crippen LogP contribution >= 0.6 is 0 Å². The number of nitrogens with one attached hydrogen (secondary N) is 3. The van der Waals surface area contributed by atoms with E-state index in [1.165, 1.54) is 6.42 Å². The molecule has 5 nitrogen and oxygen atoms in total. The first-order chi connectivity index (χ1) is 7.84. The van der Waals surface area contributed by atoms with Crippen molar-refractivity contribution in [2.45, 2.75) is 37.8 Å². The molecule has 2 fully saturated rings. The Morgan fingerprint density at radius 1 is 1.25 bits per heavy atom. The third kappa shape index (κ3) is 3.64. The number of rotatable bonds is 4. The maximum Gasteiger partial charge on any atom is 0.314 e. The molecule has 2 atom stereocenters. The lowest BCUT2D eigenvalue weighted by atomic mass is 10.2. The predicted molar refractivity (Wildman–Crippen MR) is 61.4 cm³/mol. The fourth-order valence-electron chi connectivity index (χ4n) is 2.22. The highest BCUT2D eigenvalue weighted by molar-refractivity contribution is 5.73. The Kier molecular flexibility index (Phi) is 4.42. The molecule has 0 aromatic heterocycles. The van der Waals surface area contributed by atoms with Crippen molar-refractivity contribution in [3.05, 3.63) is 0 Å². The van der Waals surface area contributed by atoms with Gasteiger partial charge in [0.15, 0.2) is 0 Å². The first-order valence-electron chi connectivity index (χ1n) is 6.21.